The molecule has 1 aromatic carbocycles. The van der Waals surface area contributed by atoms with Crippen molar-refractivity contribution in [3.05, 3.63) is 46.4 Å². The first-order valence-electron chi connectivity index (χ1n) is 7.46. The molecule has 0 spiro atoms. The minimum atomic E-state index is -0.612. The minimum absolute atomic E-state index is 0.192. The fourth-order valence-corrected chi connectivity index (χ4v) is 2.83. The summed E-state index contributed by atoms with van der Waals surface area (Å²) in [6.45, 7) is 4.21. The Kier molecular flexibility index (Phi) is 3.56. The normalized spacial score (nSPS) is 18.8. The summed E-state index contributed by atoms with van der Waals surface area (Å²) in [5.41, 5.74) is 0.980. The molecule has 5 heteroatoms. The fraction of sp³-hybridized carbons (Fsp3) is 0.353. The number of piperidine rings is 1. The number of pyridine rings is 1. The first-order chi connectivity index (χ1) is 10.5. The molecule has 0 bridgehead atoms. The Morgan fingerprint density at radius 1 is 1.18 bits per heavy atom. The highest BCUT2D eigenvalue weighted by molar-refractivity contribution is 5.99. The Balaban J connectivity index is 2.07. The van der Waals surface area contributed by atoms with Gasteiger partial charge in [-0.2, -0.15) is 0 Å². The van der Waals surface area contributed by atoms with Crippen LogP contribution >= 0.6 is 0 Å². The molecule has 1 N–H and O–H groups in total. The number of rotatable bonds is 2. The first-order valence-corrected chi connectivity index (χ1v) is 7.46. The van der Waals surface area contributed by atoms with Gasteiger partial charge in [-0.3, -0.25) is 19.7 Å². The fourth-order valence-electron chi connectivity index (χ4n) is 2.83. The molecule has 2 aromatic rings. The lowest BCUT2D eigenvalue weighted by Crippen LogP contribution is -2.44. The van der Waals surface area contributed by atoms with E-state index >= 15 is 0 Å². The third-order valence-electron chi connectivity index (χ3n) is 4.17. The number of amides is 2. The molecule has 1 atom stereocenters. The number of fused-ring (bicyclic) bond motifs is 1. The molecule has 0 saturated carbocycles. The van der Waals surface area contributed by atoms with E-state index < -0.39 is 11.9 Å². The second kappa shape index (κ2) is 5.40. The maximum atomic E-state index is 12.6. The van der Waals surface area contributed by atoms with Crippen LogP contribution in [0.15, 0.2) is 35.3 Å². The zero-order valence-electron chi connectivity index (χ0n) is 12.6. The Morgan fingerprint density at radius 2 is 1.95 bits per heavy atom. The number of hydrogen-bond acceptors (Lipinski definition) is 3. The van der Waals surface area contributed by atoms with Crippen LogP contribution in [0.4, 0.5) is 0 Å². The summed E-state index contributed by atoms with van der Waals surface area (Å²) in [6, 6.07) is 7.01. The van der Waals surface area contributed by atoms with Crippen LogP contribution in [-0.4, -0.2) is 16.4 Å². The smallest absolute Gasteiger partial charge is 0.259 e. The van der Waals surface area contributed by atoms with Gasteiger partial charge in [-0.25, -0.2) is 0 Å². The van der Waals surface area contributed by atoms with Gasteiger partial charge in [0.15, 0.2) is 0 Å². The topological polar surface area (TPSA) is 68.2 Å². The lowest BCUT2D eigenvalue weighted by molar-refractivity contribution is -0.135. The molecule has 1 aliphatic rings. The standard InChI is InChI=1S/C17H18N2O3/c1-10(2)11-3-4-13-12(9-11)7-8-19(17(13)22)14-5-6-15(20)18-16(14)21/h3-4,7-10,14H,5-6H2,1-2H3,(H,18,20,21). The maximum Gasteiger partial charge on any atom is 0.259 e. The number of carbonyl (C=O) groups excluding carboxylic acids is 2. The van der Waals surface area contributed by atoms with Crippen LogP contribution in [0.5, 0.6) is 0 Å². The molecule has 114 valence electrons. The van der Waals surface area contributed by atoms with Crippen LogP contribution in [-0.2, 0) is 9.59 Å². The molecule has 2 amide bonds. The van der Waals surface area contributed by atoms with Gasteiger partial charge < -0.3 is 4.57 Å². The molecule has 1 saturated heterocycles. The van der Waals surface area contributed by atoms with Crippen LogP contribution in [0.3, 0.4) is 0 Å². The number of benzene rings is 1. The van der Waals surface area contributed by atoms with Crippen molar-refractivity contribution >= 4 is 22.6 Å². The number of nitrogens with one attached hydrogen (secondary N) is 1. The van der Waals surface area contributed by atoms with Crippen molar-refractivity contribution in [2.75, 3.05) is 0 Å². The molecule has 0 radical (unpaired) electrons. The van der Waals surface area contributed by atoms with E-state index in [0.717, 1.165) is 5.39 Å². The number of imide groups is 1. The van der Waals surface area contributed by atoms with Crippen molar-refractivity contribution in [1.29, 1.82) is 0 Å². The van der Waals surface area contributed by atoms with Gasteiger partial charge in [-0.1, -0.05) is 26.0 Å². The predicted molar refractivity (Wildman–Crippen MR) is 83.7 cm³/mol. The number of nitrogens with zero attached hydrogens (tertiary/aromatic N) is 1. The summed E-state index contributed by atoms with van der Waals surface area (Å²) < 4.78 is 1.43. The monoisotopic (exact) mass is 298 g/mol. The highest BCUT2D eigenvalue weighted by atomic mass is 16.2. The van der Waals surface area contributed by atoms with E-state index in [2.05, 4.69) is 19.2 Å². The molecular weight excluding hydrogens is 280 g/mol. The zero-order valence-corrected chi connectivity index (χ0v) is 12.6. The van der Waals surface area contributed by atoms with Gasteiger partial charge in [-0.15, -0.1) is 0 Å². The summed E-state index contributed by atoms with van der Waals surface area (Å²) >= 11 is 0. The lowest BCUT2D eigenvalue weighted by atomic mass is 9.99. The summed E-state index contributed by atoms with van der Waals surface area (Å²) in [7, 11) is 0. The molecule has 1 unspecified atom stereocenters. The molecule has 0 aliphatic carbocycles. The molecule has 5 nitrogen and oxygen atoms in total. The Hall–Kier alpha value is -2.43. The average molecular weight is 298 g/mol. The van der Waals surface area contributed by atoms with E-state index in [1.54, 1.807) is 6.20 Å². The van der Waals surface area contributed by atoms with Crippen molar-refractivity contribution in [2.45, 2.75) is 38.6 Å². The molecule has 3 rings (SSSR count). The average Bonchev–Trinajstić information content (AvgIpc) is 2.48. The van der Waals surface area contributed by atoms with Gasteiger partial charge in [0.25, 0.3) is 5.56 Å². The van der Waals surface area contributed by atoms with E-state index in [4.69, 9.17) is 0 Å². The van der Waals surface area contributed by atoms with E-state index in [1.165, 1.54) is 10.1 Å². The number of carbonyl (C=O) groups is 2. The number of aromatic nitrogens is 1. The molecular formula is C17H18N2O3. The van der Waals surface area contributed by atoms with Crippen LogP contribution in [0.2, 0.25) is 0 Å². The third kappa shape index (κ3) is 2.43. The highest BCUT2D eigenvalue weighted by Gasteiger charge is 2.28. The summed E-state index contributed by atoms with van der Waals surface area (Å²) in [4.78, 5) is 35.8. The molecule has 2 heterocycles. The van der Waals surface area contributed by atoms with Crippen molar-refractivity contribution in [1.82, 2.24) is 9.88 Å². The SMILES string of the molecule is CC(C)c1ccc2c(=O)n(C3CCC(=O)NC3=O)ccc2c1. The molecule has 22 heavy (non-hydrogen) atoms. The summed E-state index contributed by atoms with van der Waals surface area (Å²) in [5, 5.41) is 3.76. The van der Waals surface area contributed by atoms with Crippen molar-refractivity contribution in [3.8, 4) is 0 Å². The van der Waals surface area contributed by atoms with Crippen LogP contribution in [0.25, 0.3) is 10.8 Å². The second-order valence-corrected chi connectivity index (χ2v) is 6.00. The highest BCUT2D eigenvalue weighted by Crippen LogP contribution is 2.22. The van der Waals surface area contributed by atoms with Gasteiger partial charge in [0, 0.05) is 18.0 Å². The van der Waals surface area contributed by atoms with Crippen molar-refractivity contribution in [2.24, 2.45) is 0 Å². The van der Waals surface area contributed by atoms with Gasteiger partial charge in [-0.05, 0) is 35.4 Å². The Morgan fingerprint density at radius 3 is 2.64 bits per heavy atom. The van der Waals surface area contributed by atoms with Crippen molar-refractivity contribution in [3.63, 3.8) is 0 Å². The van der Waals surface area contributed by atoms with Gasteiger partial charge in [0.2, 0.25) is 11.8 Å². The van der Waals surface area contributed by atoms with E-state index in [0.29, 0.717) is 17.7 Å². The molecule has 1 aromatic heterocycles. The Bertz CT molecular complexity index is 820. The molecule has 1 aliphatic heterocycles. The summed E-state index contributed by atoms with van der Waals surface area (Å²) in [6.07, 6.45) is 2.27. The quantitative estimate of drug-likeness (QED) is 0.863. The maximum absolute atomic E-state index is 12.6. The Labute approximate surface area is 127 Å². The van der Waals surface area contributed by atoms with Crippen molar-refractivity contribution < 1.29 is 9.59 Å². The first kappa shape index (κ1) is 14.5. The van der Waals surface area contributed by atoms with Gasteiger partial charge in [0.1, 0.15) is 6.04 Å². The van der Waals surface area contributed by atoms with Crippen LogP contribution in [0.1, 0.15) is 44.2 Å². The minimum Gasteiger partial charge on any atom is -0.302 e. The van der Waals surface area contributed by atoms with Gasteiger partial charge in [0.05, 0.1) is 0 Å². The van der Waals surface area contributed by atoms with E-state index in [-0.39, 0.29) is 17.9 Å². The second-order valence-electron chi connectivity index (χ2n) is 6.00. The third-order valence-corrected chi connectivity index (χ3v) is 4.17. The van der Waals surface area contributed by atoms with E-state index in [1.807, 2.05) is 24.3 Å². The van der Waals surface area contributed by atoms with Crippen LogP contribution < -0.4 is 10.9 Å². The van der Waals surface area contributed by atoms with E-state index in [9.17, 15) is 14.4 Å². The van der Waals surface area contributed by atoms with Crippen LogP contribution in [0, 0.1) is 0 Å². The predicted octanol–water partition coefficient (Wildman–Crippen LogP) is 2.10. The molecule has 1 fully saturated rings. The summed E-state index contributed by atoms with van der Waals surface area (Å²) in [5.74, 6) is -0.296. The number of hydrogen-bond donors (Lipinski definition) is 1. The zero-order chi connectivity index (χ0) is 15.9. The van der Waals surface area contributed by atoms with Gasteiger partial charge >= 0.3 is 0 Å². The largest absolute Gasteiger partial charge is 0.302 e. The lowest BCUT2D eigenvalue weighted by Gasteiger charge is -2.23.